The molecular formula is C41H63N3O6. The zero-order chi connectivity index (χ0) is 37.6. The molecule has 0 radical (unpaired) electrons. The summed E-state index contributed by atoms with van der Waals surface area (Å²) in [4.78, 5) is 57.9. The highest BCUT2D eigenvalue weighted by atomic mass is 16.6. The average molecular weight is 694 g/mol. The molecule has 0 saturated heterocycles. The number of esters is 1. The van der Waals surface area contributed by atoms with E-state index in [1.54, 1.807) is 46.4 Å². The van der Waals surface area contributed by atoms with Crippen molar-refractivity contribution in [1.82, 2.24) is 15.5 Å². The molecule has 0 fully saturated rings. The minimum atomic E-state index is -1.08. The number of hydrogen-bond donors (Lipinski definition) is 2. The van der Waals surface area contributed by atoms with Crippen LogP contribution in [0.3, 0.4) is 0 Å². The van der Waals surface area contributed by atoms with Gasteiger partial charge in [0, 0.05) is 13.0 Å². The zero-order valence-corrected chi connectivity index (χ0v) is 32.5. The third-order valence-corrected chi connectivity index (χ3v) is 8.35. The van der Waals surface area contributed by atoms with Crippen LogP contribution in [0.4, 0.5) is 4.79 Å². The number of alkyl carbamates (subject to hydrolysis) is 1. The highest BCUT2D eigenvalue weighted by Gasteiger charge is 2.39. The van der Waals surface area contributed by atoms with Crippen molar-refractivity contribution < 1.29 is 28.7 Å². The fourth-order valence-corrected chi connectivity index (χ4v) is 5.86. The topological polar surface area (TPSA) is 114 Å². The maximum Gasteiger partial charge on any atom is 0.408 e. The average Bonchev–Trinajstić information content (AvgIpc) is 3.00. The number of nitrogens with zero attached hydrogens (tertiary/aromatic N) is 1. The summed E-state index contributed by atoms with van der Waals surface area (Å²) in [5.74, 6) is -1.69. The highest BCUT2D eigenvalue weighted by Crippen LogP contribution is 2.28. The molecule has 0 aliphatic rings. The number of amides is 3. The first-order valence-corrected chi connectivity index (χ1v) is 18.3. The van der Waals surface area contributed by atoms with E-state index in [1.165, 1.54) is 0 Å². The van der Waals surface area contributed by atoms with Gasteiger partial charge in [0.1, 0.15) is 29.3 Å². The first-order valence-electron chi connectivity index (χ1n) is 18.3. The second-order valence-corrected chi connectivity index (χ2v) is 15.6. The summed E-state index contributed by atoms with van der Waals surface area (Å²) >= 11 is 0. The monoisotopic (exact) mass is 693 g/mol. The van der Waals surface area contributed by atoms with Crippen LogP contribution in [-0.2, 0) is 30.3 Å². The molecule has 0 aliphatic carbocycles. The maximum absolute atomic E-state index is 14.8. The van der Waals surface area contributed by atoms with E-state index in [-0.39, 0.29) is 24.8 Å². The number of rotatable bonds is 17. The van der Waals surface area contributed by atoms with Gasteiger partial charge in [0.25, 0.3) is 0 Å². The number of carbonyl (C=O) groups is 4. The lowest BCUT2D eigenvalue weighted by Crippen LogP contribution is -2.56. The van der Waals surface area contributed by atoms with Crippen molar-refractivity contribution >= 4 is 23.9 Å². The summed E-state index contributed by atoms with van der Waals surface area (Å²) in [6.07, 6.45) is 4.80. The van der Waals surface area contributed by atoms with Crippen molar-refractivity contribution in [2.75, 3.05) is 6.54 Å². The van der Waals surface area contributed by atoms with Gasteiger partial charge < -0.3 is 25.0 Å². The standard InChI is InChI=1S/C41H63N3O6/c1-12-14-15-16-20-23-44(37(46)34(30(5)13-2)43-39(48)50-41(9,10)11)35(32-25-28(3)24-29(4)26-32)36(45)42-33(38(47)49-40(6,7)8)27-31-21-18-17-19-22-31/h17-19,21-22,24-26,30,33-35H,12-16,20,23,27H2,1-11H3,(H,42,45)(H,43,48). The molecule has 278 valence electrons. The van der Waals surface area contributed by atoms with Crippen LogP contribution in [0.25, 0.3) is 0 Å². The lowest BCUT2D eigenvalue weighted by Gasteiger charge is -2.37. The van der Waals surface area contributed by atoms with Gasteiger partial charge >= 0.3 is 12.1 Å². The fourth-order valence-electron chi connectivity index (χ4n) is 5.86. The Morgan fingerprint density at radius 1 is 0.780 bits per heavy atom. The number of unbranched alkanes of at least 4 members (excludes halogenated alkanes) is 4. The highest BCUT2D eigenvalue weighted by molar-refractivity contribution is 5.94. The quantitative estimate of drug-likeness (QED) is 0.128. The van der Waals surface area contributed by atoms with Crippen molar-refractivity contribution in [2.45, 2.75) is 150 Å². The number of hydrogen-bond acceptors (Lipinski definition) is 6. The Bertz CT molecular complexity index is 1380. The van der Waals surface area contributed by atoms with E-state index in [2.05, 4.69) is 17.6 Å². The Morgan fingerprint density at radius 2 is 1.36 bits per heavy atom. The Kier molecular flexibility index (Phi) is 16.5. The molecule has 0 aliphatic heterocycles. The maximum atomic E-state index is 14.8. The number of carbonyl (C=O) groups excluding carboxylic acids is 4. The molecule has 2 aromatic rings. The van der Waals surface area contributed by atoms with Crippen molar-refractivity contribution in [3.8, 4) is 0 Å². The van der Waals surface area contributed by atoms with Crippen molar-refractivity contribution in [3.63, 3.8) is 0 Å². The molecule has 0 saturated carbocycles. The van der Waals surface area contributed by atoms with Gasteiger partial charge in [-0.2, -0.15) is 0 Å². The van der Waals surface area contributed by atoms with Crippen molar-refractivity contribution in [1.29, 1.82) is 0 Å². The van der Waals surface area contributed by atoms with E-state index in [9.17, 15) is 19.2 Å². The Labute approximate surface area is 301 Å². The van der Waals surface area contributed by atoms with E-state index >= 15 is 0 Å². The molecule has 0 aromatic heterocycles. The van der Waals surface area contributed by atoms with Crippen LogP contribution in [0.15, 0.2) is 48.5 Å². The van der Waals surface area contributed by atoms with Crippen LogP contribution in [0.1, 0.15) is 129 Å². The van der Waals surface area contributed by atoms with Gasteiger partial charge in [-0.1, -0.05) is 113 Å². The van der Waals surface area contributed by atoms with Gasteiger partial charge in [0.2, 0.25) is 11.8 Å². The van der Waals surface area contributed by atoms with Crippen LogP contribution >= 0.6 is 0 Å². The summed E-state index contributed by atoms with van der Waals surface area (Å²) in [7, 11) is 0. The third kappa shape index (κ3) is 14.5. The second kappa shape index (κ2) is 19.5. The SMILES string of the molecule is CCCCCCCN(C(=O)C(NC(=O)OC(C)(C)C)C(C)CC)C(C(=O)NC(Cc1ccccc1)C(=O)OC(C)(C)C)c1cc(C)cc(C)c1. The molecule has 2 aromatic carbocycles. The van der Waals surface area contributed by atoms with Gasteiger partial charge in [-0.05, 0) is 78.9 Å². The van der Waals surface area contributed by atoms with Gasteiger partial charge in [-0.15, -0.1) is 0 Å². The van der Waals surface area contributed by atoms with Gasteiger partial charge in [0.15, 0.2) is 0 Å². The van der Waals surface area contributed by atoms with E-state index in [4.69, 9.17) is 9.47 Å². The summed E-state index contributed by atoms with van der Waals surface area (Å²) in [5.41, 5.74) is 1.82. The van der Waals surface area contributed by atoms with E-state index in [0.29, 0.717) is 18.4 Å². The van der Waals surface area contributed by atoms with Gasteiger partial charge in [-0.3, -0.25) is 9.59 Å². The normalized spacial score (nSPS) is 14.1. The molecule has 4 unspecified atom stereocenters. The predicted octanol–water partition coefficient (Wildman–Crippen LogP) is 8.15. The summed E-state index contributed by atoms with van der Waals surface area (Å²) in [6, 6.07) is 12.3. The minimum Gasteiger partial charge on any atom is -0.458 e. The first-order chi connectivity index (χ1) is 23.3. The van der Waals surface area contributed by atoms with Gasteiger partial charge in [0.05, 0.1) is 0 Å². The molecule has 2 rings (SSSR count). The Morgan fingerprint density at radius 3 is 1.90 bits per heavy atom. The second-order valence-electron chi connectivity index (χ2n) is 15.6. The Hall–Kier alpha value is -3.88. The minimum absolute atomic E-state index is 0.210. The first kappa shape index (κ1) is 42.3. The van der Waals surface area contributed by atoms with Crippen LogP contribution in [0.5, 0.6) is 0 Å². The number of ether oxygens (including phenoxy) is 2. The Balaban J connectivity index is 2.70. The predicted molar refractivity (Wildman–Crippen MR) is 200 cm³/mol. The summed E-state index contributed by atoms with van der Waals surface area (Å²) in [5, 5.41) is 5.85. The molecule has 2 N–H and O–H groups in total. The largest absolute Gasteiger partial charge is 0.458 e. The molecule has 0 spiro atoms. The van der Waals surface area contributed by atoms with Crippen LogP contribution in [-0.4, -0.2) is 58.6 Å². The number of benzene rings is 2. The smallest absolute Gasteiger partial charge is 0.408 e. The molecule has 0 bridgehead atoms. The molecule has 3 amide bonds. The summed E-state index contributed by atoms with van der Waals surface area (Å²) in [6.45, 7) is 20.9. The van der Waals surface area contributed by atoms with Crippen LogP contribution < -0.4 is 10.6 Å². The third-order valence-electron chi connectivity index (χ3n) is 8.35. The lowest BCUT2D eigenvalue weighted by molar-refractivity contribution is -0.159. The number of aryl methyl sites for hydroxylation is 2. The molecule has 4 atom stereocenters. The fraction of sp³-hybridized carbons (Fsp3) is 0.610. The van der Waals surface area contributed by atoms with Crippen molar-refractivity contribution in [3.05, 3.63) is 70.8 Å². The zero-order valence-electron chi connectivity index (χ0n) is 32.5. The van der Waals surface area contributed by atoms with E-state index in [0.717, 1.165) is 42.4 Å². The van der Waals surface area contributed by atoms with Crippen molar-refractivity contribution in [2.24, 2.45) is 5.92 Å². The molecule has 50 heavy (non-hydrogen) atoms. The van der Waals surface area contributed by atoms with Crippen LogP contribution in [0.2, 0.25) is 0 Å². The molecule has 0 heterocycles. The van der Waals surface area contributed by atoms with Gasteiger partial charge in [-0.25, -0.2) is 9.59 Å². The summed E-state index contributed by atoms with van der Waals surface area (Å²) < 4.78 is 11.3. The van der Waals surface area contributed by atoms with E-state index in [1.807, 2.05) is 76.2 Å². The van der Waals surface area contributed by atoms with Crippen LogP contribution in [0, 0.1) is 19.8 Å². The molecule has 9 heteroatoms. The van der Waals surface area contributed by atoms with E-state index < -0.39 is 47.3 Å². The molecular weight excluding hydrogens is 630 g/mol. The lowest BCUT2D eigenvalue weighted by atomic mass is 9.94. The molecule has 9 nitrogen and oxygen atoms in total. The number of nitrogens with one attached hydrogen (secondary N) is 2.